The highest BCUT2D eigenvalue weighted by atomic mass is 35.5. The van der Waals surface area contributed by atoms with Crippen LogP contribution in [-0.4, -0.2) is 41.7 Å². The summed E-state index contributed by atoms with van der Waals surface area (Å²) in [5.41, 5.74) is -0.965. The van der Waals surface area contributed by atoms with Gasteiger partial charge in [0.2, 0.25) is 0 Å². The van der Waals surface area contributed by atoms with E-state index in [0.717, 1.165) is 6.07 Å². The Hall–Kier alpha value is -1.54. The van der Waals surface area contributed by atoms with Crippen LogP contribution in [-0.2, 0) is 11.0 Å². The van der Waals surface area contributed by atoms with E-state index in [2.05, 4.69) is 10.3 Å². The van der Waals surface area contributed by atoms with Gasteiger partial charge in [-0.2, -0.15) is 13.2 Å². The van der Waals surface area contributed by atoms with Gasteiger partial charge in [0.1, 0.15) is 11.9 Å². The van der Waals surface area contributed by atoms with Crippen LogP contribution in [0.3, 0.4) is 0 Å². The third-order valence-corrected chi connectivity index (χ3v) is 3.23. The van der Waals surface area contributed by atoms with Gasteiger partial charge in [-0.25, -0.2) is 9.78 Å². The van der Waals surface area contributed by atoms with E-state index in [4.69, 9.17) is 16.7 Å². The molecule has 1 atom stereocenters. The third kappa shape index (κ3) is 2.96. The van der Waals surface area contributed by atoms with Crippen LogP contribution >= 0.6 is 11.6 Å². The average Bonchev–Trinajstić information content (AvgIpc) is 2.37. The summed E-state index contributed by atoms with van der Waals surface area (Å²) < 4.78 is 37.6. The molecule has 9 heteroatoms. The van der Waals surface area contributed by atoms with Gasteiger partial charge in [0.15, 0.2) is 0 Å². The van der Waals surface area contributed by atoms with Crippen LogP contribution in [0.25, 0.3) is 0 Å². The summed E-state index contributed by atoms with van der Waals surface area (Å²) in [7, 11) is 0. The molecule has 1 aromatic heterocycles. The summed E-state index contributed by atoms with van der Waals surface area (Å²) >= 11 is 5.82. The number of halogens is 4. The number of hydrogen-bond acceptors (Lipinski definition) is 4. The molecule has 1 fully saturated rings. The Morgan fingerprint density at radius 1 is 1.55 bits per heavy atom. The molecule has 0 aromatic carbocycles. The summed E-state index contributed by atoms with van der Waals surface area (Å²) in [6.07, 6.45) is -3.88. The summed E-state index contributed by atoms with van der Waals surface area (Å²) in [5.74, 6) is -1.04. The third-order valence-electron chi connectivity index (χ3n) is 2.95. The molecule has 2 rings (SSSR count). The normalized spacial score (nSPS) is 20.0. The lowest BCUT2D eigenvalue weighted by atomic mass is 10.2. The Morgan fingerprint density at radius 2 is 2.25 bits per heavy atom. The molecule has 2 N–H and O–H groups in total. The van der Waals surface area contributed by atoms with E-state index in [0.29, 0.717) is 19.3 Å². The van der Waals surface area contributed by atoms with Crippen LogP contribution in [0.5, 0.6) is 0 Å². The van der Waals surface area contributed by atoms with Crippen molar-refractivity contribution in [3.63, 3.8) is 0 Å². The van der Waals surface area contributed by atoms with Gasteiger partial charge in [-0.3, -0.25) is 0 Å². The van der Waals surface area contributed by atoms with E-state index in [1.165, 1.54) is 4.90 Å². The van der Waals surface area contributed by atoms with E-state index in [1.807, 2.05) is 0 Å². The van der Waals surface area contributed by atoms with E-state index >= 15 is 0 Å². The molecule has 0 aliphatic carbocycles. The Morgan fingerprint density at radius 3 is 2.80 bits per heavy atom. The number of pyridine rings is 1. The van der Waals surface area contributed by atoms with Gasteiger partial charge in [0.05, 0.1) is 10.6 Å². The lowest BCUT2D eigenvalue weighted by Gasteiger charge is -2.34. The van der Waals surface area contributed by atoms with Crippen LogP contribution in [0.4, 0.5) is 19.0 Å². The molecule has 0 spiro atoms. The van der Waals surface area contributed by atoms with E-state index in [9.17, 15) is 18.0 Å². The first-order valence-corrected chi connectivity index (χ1v) is 6.11. The smallest absolute Gasteiger partial charge is 0.417 e. The van der Waals surface area contributed by atoms with Crippen LogP contribution in [0.2, 0.25) is 5.02 Å². The van der Waals surface area contributed by atoms with Gasteiger partial charge in [0, 0.05) is 25.8 Å². The minimum atomic E-state index is -4.54. The lowest BCUT2D eigenvalue weighted by Crippen LogP contribution is -2.55. The number of alkyl halides is 3. The fraction of sp³-hybridized carbons (Fsp3) is 0.455. The molecule has 110 valence electrons. The number of carboxylic acids is 1. The van der Waals surface area contributed by atoms with Crippen LogP contribution in [0.1, 0.15) is 5.56 Å². The molecule has 20 heavy (non-hydrogen) atoms. The van der Waals surface area contributed by atoms with Gasteiger partial charge >= 0.3 is 12.1 Å². The number of nitrogens with one attached hydrogen (secondary N) is 1. The maximum absolute atomic E-state index is 12.5. The molecule has 1 aliphatic heterocycles. The summed E-state index contributed by atoms with van der Waals surface area (Å²) in [4.78, 5) is 16.2. The first-order valence-electron chi connectivity index (χ1n) is 5.73. The first kappa shape index (κ1) is 14.9. The Balaban J connectivity index is 2.34. The predicted octanol–water partition coefficient (Wildman–Crippen LogP) is 1.62. The van der Waals surface area contributed by atoms with E-state index in [-0.39, 0.29) is 17.4 Å². The van der Waals surface area contributed by atoms with Crippen molar-refractivity contribution in [3.8, 4) is 0 Å². The second-order valence-electron chi connectivity index (χ2n) is 4.28. The minimum absolute atomic E-state index is 0.0496. The van der Waals surface area contributed by atoms with Gasteiger partial charge in [-0.05, 0) is 6.07 Å². The van der Waals surface area contributed by atoms with Crippen molar-refractivity contribution in [2.75, 3.05) is 24.5 Å². The topological polar surface area (TPSA) is 65.5 Å². The molecular weight excluding hydrogens is 299 g/mol. The summed E-state index contributed by atoms with van der Waals surface area (Å²) in [6, 6.07) is -0.157. The van der Waals surface area contributed by atoms with E-state index < -0.39 is 23.8 Å². The zero-order valence-corrected chi connectivity index (χ0v) is 10.9. The molecule has 0 radical (unpaired) electrons. The van der Waals surface area contributed by atoms with E-state index in [1.54, 1.807) is 0 Å². The Labute approximate surface area is 117 Å². The fourth-order valence-corrected chi connectivity index (χ4v) is 2.25. The average molecular weight is 310 g/mol. The number of anilines is 1. The molecular formula is C11H11ClF3N3O2. The van der Waals surface area contributed by atoms with Crippen molar-refractivity contribution in [1.82, 2.24) is 10.3 Å². The zero-order valence-electron chi connectivity index (χ0n) is 10.1. The monoisotopic (exact) mass is 309 g/mol. The Kier molecular flexibility index (Phi) is 4.05. The quantitative estimate of drug-likeness (QED) is 0.869. The maximum Gasteiger partial charge on any atom is 0.417 e. The van der Waals surface area contributed by atoms with Gasteiger partial charge in [-0.1, -0.05) is 11.6 Å². The van der Waals surface area contributed by atoms with Gasteiger partial charge in [0.25, 0.3) is 0 Å². The SMILES string of the molecule is O=C(O)[C@H]1CNCCN1c1ncc(C(F)(F)F)cc1Cl. The highest BCUT2D eigenvalue weighted by Gasteiger charge is 2.34. The summed E-state index contributed by atoms with van der Waals surface area (Å²) in [6.45, 7) is 0.978. The summed E-state index contributed by atoms with van der Waals surface area (Å²) in [5, 5.41) is 11.8. The highest BCUT2D eigenvalue weighted by molar-refractivity contribution is 6.33. The minimum Gasteiger partial charge on any atom is -0.480 e. The molecule has 1 aromatic rings. The van der Waals surface area contributed by atoms with Crippen LogP contribution in [0, 0.1) is 0 Å². The number of hydrogen-bond donors (Lipinski definition) is 2. The molecule has 0 saturated carbocycles. The van der Waals surface area contributed by atoms with Crippen molar-refractivity contribution < 1.29 is 23.1 Å². The number of piperazine rings is 1. The number of aliphatic carboxylic acids is 1. The number of rotatable bonds is 2. The zero-order chi connectivity index (χ0) is 14.9. The van der Waals surface area contributed by atoms with Crippen molar-refractivity contribution in [3.05, 3.63) is 22.8 Å². The molecule has 5 nitrogen and oxygen atoms in total. The standard InChI is InChI=1S/C11H11ClF3N3O2/c12-7-3-6(11(13,14)15)4-17-9(7)18-2-1-16-5-8(18)10(19)20/h3-4,8,16H,1-2,5H2,(H,19,20)/t8-/m1/s1. The number of aromatic nitrogens is 1. The van der Waals surface area contributed by atoms with Crippen LogP contribution in [0.15, 0.2) is 12.3 Å². The largest absolute Gasteiger partial charge is 0.480 e. The second-order valence-corrected chi connectivity index (χ2v) is 4.69. The fourth-order valence-electron chi connectivity index (χ4n) is 1.98. The number of nitrogens with zero attached hydrogens (tertiary/aromatic N) is 2. The first-order chi connectivity index (χ1) is 9.30. The molecule has 1 aliphatic rings. The molecule has 0 bridgehead atoms. The van der Waals surface area contributed by atoms with Crippen LogP contribution < -0.4 is 10.2 Å². The van der Waals surface area contributed by atoms with Gasteiger partial charge < -0.3 is 15.3 Å². The molecule has 2 heterocycles. The molecule has 1 saturated heterocycles. The lowest BCUT2D eigenvalue weighted by molar-refractivity contribution is -0.139. The molecule has 0 amide bonds. The van der Waals surface area contributed by atoms with Gasteiger partial charge in [-0.15, -0.1) is 0 Å². The highest BCUT2D eigenvalue weighted by Crippen LogP contribution is 2.34. The van der Waals surface area contributed by atoms with Crippen molar-refractivity contribution in [2.45, 2.75) is 12.2 Å². The van der Waals surface area contributed by atoms with Crippen molar-refractivity contribution in [1.29, 1.82) is 0 Å². The maximum atomic E-state index is 12.5. The van der Waals surface area contributed by atoms with Crippen molar-refractivity contribution in [2.24, 2.45) is 0 Å². The molecule has 0 unspecified atom stereocenters. The number of carbonyl (C=O) groups is 1. The second kappa shape index (κ2) is 5.45. The predicted molar refractivity (Wildman–Crippen MR) is 65.9 cm³/mol. The van der Waals surface area contributed by atoms with Crippen molar-refractivity contribution >= 4 is 23.4 Å². The Bertz CT molecular complexity index is 524. The number of carboxylic acid groups (broad SMARTS) is 1.